The largest absolute Gasteiger partial charge is 0.384 e. The summed E-state index contributed by atoms with van der Waals surface area (Å²) in [6, 6.07) is 5.46. The first kappa shape index (κ1) is 22.9. The van der Waals surface area contributed by atoms with E-state index >= 15 is 0 Å². The summed E-state index contributed by atoms with van der Waals surface area (Å²) in [7, 11) is 0. The Hall–Kier alpha value is -2.41. The van der Waals surface area contributed by atoms with Gasteiger partial charge in [-0.3, -0.25) is 4.79 Å². The minimum Gasteiger partial charge on any atom is -0.269 e. The van der Waals surface area contributed by atoms with Crippen LogP contribution < -0.4 is 5.43 Å². The van der Waals surface area contributed by atoms with Crippen LogP contribution in [0.1, 0.15) is 11.1 Å². The van der Waals surface area contributed by atoms with Gasteiger partial charge in [-0.1, -0.05) is 29.8 Å². The van der Waals surface area contributed by atoms with Crippen molar-refractivity contribution in [3.05, 3.63) is 35.4 Å². The highest BCUT2D eigenvalue weighted by atomic mass is 19.4. The van der Waals surface area contributed by atoms with E-state index in [1.165, 1.54) is 24.3 Å². The minimum absolute atomic E-state index is 0.0631. The standard InChI is InChI=1S/C15H9F11N2O/c1-7-2-4-8(5-3-7)6-27-28-9(29)10(16)11(17,18)13(21,22)15(25,26)14(23,24)12(10,19)20/h2-6H,1H3,(H,28,29). The third-order valence-corrected chi connectivity index (χ3v) is 4.21. The quantitative estimate of drug-likeness (QED) is 0.423. The fourth-order valence-electron chi connectivity index (χ4n) is 2.40. The van der Waals surface area contributed by atoms with Gasteiger partial charge >= 0.3 is 35.3 Å². The monoisotopic (exact) mass is 442 g/mol. The topological polar surface area (TPSA) is 41.5 Å². The van der Waals surface area contributed by atoms with E-state index in [1.54, 1.807) is 6.92 Å². The molecule has 29 heavy (non-hydrogen) atoms. The summed E-state index contributed by atoms with van der Waals surface area (Å²) >= 11 is 0. The van der Waals surface area contributed by atoms with E-state index in [0.717, 1.165) is 0 Å². The van der Waals surface area contributed by atoms with E-state index in [9.17, 15) is 53.1 Å². The second-order valence-electron chi connectivity index (χ2n) is 6.14. The van der Waals surface area contributed by atoms with Crippen molar-refractivity contribution >= 4 is 12.1 Å². The molecule has 0 atom stereocenters. The Bertz CT molecular complexity index is 803. The highest BCUT2D eigenvalue weighted by Gasteiger charge is 3.02. The van der Waals surface area contributed by atoms with Crippen LogP contribution in [0.25, 0.3) is 0 Å². The maximum absolute atomic E-state index is 14.4. The van der Waals surface area contributed by atoms with Gasteiger partial charge in [0.25, 0.3) is 5.91 Å². The van der Waals surface area contributed by atoms with Gasteiger partial charge in [0.05, 0.1) is 6.21 Å². The molecule has 0 spiro atoms. The molecule has 1 fully saturated rings. The van der Waals surface area contributed by atoms with Crippen molar-refractivity contribution in [1.82, 2.24) is 5.43 Å². The van der Waals surface area contributed by atoms with E-state index in [1.807, 2.05) is 0 Å². The van der Waals surface area contributed by atoms with Gasteiger partial charge in [-0.25, -0.2) is 9.82 Å². The fraction of sp³-hybridized carbons (Fsp3) is 0.467. The molecule has 0 unspecified atom stereocenters. The van der Waals surface area contributed by atoms with Crippen molar-refractivity contribution in [2.75, 3.05) is 0 Å². The number of alkyl halides is 11. The number of halogens is 11. The SMILES string of the molecule is Cc1ccc(C=NNC(=O)C2(F)C(F)(F)C(F)(F)C(F)(F)C(F)(F)C2(F)F)cc1. The Kier molecular flexibility index (Phi) is 4.96. The molecular formula is C15H9F11N2O. The maximum atomic E-state index is 14.4. The Labute approximate surface area is 154 Å². The van der Waals surface area contributed by atoms with E-state index in [4.69, 9.17) is 0 Å². The van der Waals surface area contributed by atoms with Crippen LogP contribution in [0.4, 0.5) is 48.3 Å². The number of hydrogen-bond donors (Lipinski definition) is 1. The molecular weight excluding hydrogens is 433 g/mol. The lowest BCUT2D eigenvalue weighted by atomic mass is 9.72. The van der Waals surface area contributed by atoms with Gasteiger partial charge in [-0.05, 0) is 12.5 Å². The van der Waals surface area contributed by atoms with Crippen LogP contribution in [-0.4, -0.2) is 47.4 Å². The number of carbonyl (C=O) groups excluding carboxylic acids is 1. The second kappa shape index (κ2) is 6.29. The van der Waals surface area contributed by atoms with E-state index in [-0.39, 0.29) is 5.56 Å². The van der Waals surface area contributed by atoms with Crippen molar-refractivity contribution in [2.24, 2.45) is 5.10 Å². The van der Waals surface area contributed by atoms with E-state index in [2.05, 4.69) is 5.10 Å². The molecule has 0 heterocycles. The minimum atomic E-state index is -7.38. The Morgan fingerprint density at radius 2 is 1.14 bits per heavy atom. The van der Waals surface area contributed by atoms with Crippen LogP contribution >= 0.6 is 0 Å². The molecule has 1 N–H and O–H groups in total. The molecule has 2 rings (SSSR count). The van der Waals surface area contributed by atoms with Gasteiger partial charge in [0.15, 0.2) is 0 Å². The van der Waals surface area contributed by atoms with Crippen molar-refractivity contribution in [3.8, 4) is 0 Å². The van der Waals surface area contributed by atoms with Gasteiger partial charge in [0, 0.05) is 0 Å². The first-order valence-electron chi connectivity index (χ1n) is 7.37. The number of hydrogen-bond acceptors (Lipinski definition) is 2. The van der Waals surface area contributed by atoms with Crippen LogP contribution in [0.2, 0.25) is 0 Å². The summed E-state index contributed by atoms with van der Waals surface area (Å²) < 4.78 is 148. The Morgan fingerprint density at radius 3 is 1.55 bits per heavy atom. The average molecular weight is 442 g/mol. The highest BCUT2D eigenvalue weighted by Crippen LogP contribution is 2.69. The molecule has 14 heteroatoms. The number of carbonyl (C=O) groups is 1. The average Bonchev–Trinajstić information content (AvgIpc) is 2.60. The highest BCUT2D eigenvalue weighted by molar-refractivity contribution is 5.90. The number of benzene rings is 1. The number of aryl methyl sites for hydroxylation is 1. The summed E-state index contributed by atoms with van der Waals surface area (Å²) in [5.41, 5.74) is -5.34. The zero-order chi connectivity index (χ0) is 22.7. The molecule has 1 aliphatic rings. The third kappa shape index (κ3) is 2.63. The van der Waals surface area contributed by atoms with Crippen LogP contribution in [0, 0.1) is 6.92 Å². The number of nitrogens with one attached hydrogen (secondary N) is 1. The van der Waals surface area contributed by atoms with Crippen LogP contribution in [0.15, 0.2) is 29.4 Å². The van der Waals surface area contributed by atoms with Gasteiger partial charge in [-0.15, -0.1) is 0 Å². The summed E-state index contributed by atoms with van der Waals surface area (Å²) in [5, 5.41) is 2.75. The van der Waals surface area contributed by atoms with Crippen LogP contribution in [0.3, 0.4) is 0 Å². The zero-order valence-electron chi connectivity index (χ0n) is 13.9. The lowest BCUT2D eigenvalue weighted by Gasteiger charge is -2.51. The summed E-state index contributed by atoms with van der Waals surface area (Å²) in [4.78, 5) is 11.5. The molecule has 1 saturated carbocycles. The van der Waals surface area contributed by atoms with Crippen LogP contribution in [0.5, 0.6) is 0 Å². The van der Waals surface area contributed by atoms with Gasteiger partial charge in [-0.2, -0.15) is 49.0 Å². The summed E-state index contributed by atoms with van der Waals surface area (Å²) in [5.74, 6) is -40.0. The van der Waals surface area contributed by atoms with Crippen molar-refractivity contribution < 1.29 is 53.1 Å². The van der Waals surface area contributed by atoms with E-state index < -0.39 is 41.2 Å². The molecule has 1 aromatic carbocycles. The predicted octanol–water partition coefficient (Wildman–Crippen LogP) is 4.34. The number of hydrazone groups is 1. The predicted molar refractivity (Wildman–Crippen MR) is 75.5 cm³/mol. The van der Waals surface area contributed by atoms with Gasteiger partial charge in [0.2, 0.25) is 0 Å². The molecule has 0 aromatic heterocycles. The molecule has 0 saturated heterocycles. The molecule has 3 nitrogen and oxygen atoms in total. The zero-order valence-corrected chi connectivity index (χ0v) is 13.9. The fourth-order valence-corrected chi connectivity index (χ4v) is 2.40. The molecule has 0 aliphatic heterocycles. The van der Waals surface area contributed by atoms with Crippen molar-refractivity contribution in [2.45, 2.75) is 42.2 Å². The molecule has 1 aromatic rings. The molecule has 1 amide bonds. The van der Waals surface area contributed by atoms with Crippen LogP contribution in [-0.2, 0) is 4.79 Å². The lowest BCUT2D eigenvalue weighted by molar-refractivity contribution is -0.476. The van der Waals surface area contributed by atoms with Gasteiger partial charge in [0.1, 0.15) is 0 Å². The number of rotatable bonds is 3. The third-order valence-electron chi connectivity index (χ3n) is 4.21. The Balaban J connectivity index is 2.49. The molecule has 0 bridgehead atoms. The smallest absolute Gasteiger partial charge is 0.269 e. The molecule has 162 valence electrons. The maximum Gasteiger partial charge on any atom is 0.384 e. The van der Waals surface area contributed by atoms with Crippen molar-refractivity contribution in [1.29, 1.82) is 0 Å². The lowest BCUT2D eigenvalue weighted by Crippen LogP contribution is -2.86. The molecule has 1 aliphatic carbocycles. The van der Waals surface area contributed by atoms with Gasteiger partial charge < -0.3 is 0 Å². The Morgan fingerprint density at radius 1 is 0.759 bits per heavy atom. The van der Waals surface area contributed by atoms with E-state index in [0.29, 0.717) is 17.2 Å². The summed E-state index contributed by atoms with van der Waals surface area (Å²) in [6.45, 7) is 1.64. The number of amides is 1. The first-order chi connectivity index (χ1) is 12.9. The number of nitrogens with zero attached hydrogens (tertiary/aromatic N) is 1. The molecule has 0 radical (unpaired) electrons. The first-order valence-corrected chi connectivity index (χ1v) is 7.37. The normalized spacial score (nSPS) is 25.5. The second-order valence-corrected chi connectivity index (χ2v) is 6.14. The van der Waals surface area contributed by atoms with Crippen molar-refractivity contribution in [3.63, 3.8) is 0 Å². The summed E-state index contributed by atoms with van der Waals surface area (Å²) in [6.07, 6.45) is 0.546.